The molecule has 0 atom stereocenters. The maximum Gasteiger partial charge on any atom is 0.0880 e. The van der Waals surface area contributed by atoms with Crippen molar-refractivity contribution in [1.82, 2.24) is 4.98 Å². The molecular formula is C23H15NS. The number of aromatic nitrogens is 1. The van der Waals surface area contributed by atoms with Gasteiger partial charge in [-0.05, 0) is 39.9 Å². The van der Waals surface area contributed by atoms with Crippen molar-refractivity contribution in [2.45, 2.75) is 0 Å². The topological polar surface area (TPSA) is 12.9 Å². The molecule has 0 radical (unpaired) electrons. The third-order valence-corrected chi connectivity index (χ3v) is 5.67. The third-order valence-electron chi connectivity index (χ3n) is 4.55. The van der Waals surface area contributed by atoms with Crippen LogP contribution in [0, 0.1) is 0 Å². The van der Waals surface area contributed by atoms with Gasteiger partial charge in [-0.25, -0.2) is 0 Å². The Balaban J connectivity index is 1.78. The number of pyridine rings is 1. The fourth-order valence-electron chi connectivity index (χ4n) is 3.38. The molecule has 0 saturated carbocycles. The Morgan fingerprint density at radius 1 is 0.640 bits per heavy atom. The number of benzene rings is 3. The van der Waals surface area contributed by atoms with Crippen molar-refractivity contribution < 1.29 is 0 Å². The molecule has 0 spiro atoms. The summed E-state index contributed by atoms with van der Waals surface area (Å²) in [6.07, 6.45) is 1.88. The summed E-state index contributed by atoms with van der Waals surface area (Å²) in [4.78, 5) is 5.95. The average Bonchev–Trinajstić information content (AvgIpc) is 3.12. The first-order valence-corrected chi connectivity index (χ1v) is 9.14. The highest BCUT2D eigenvalue weighted by Crippen LogP contribution is 2.39. The second-order valence-corrected chi connectivity index (χ2v) is 7.16. The van der Waals surface area contributed by atoms with Crippen LogP contribution in [0.5, 0.6) is 0 Å². The highest BCUT2D eigenvalue weighted by atomic mass is 32.1. The summed E-state index contributed by atoms with van der Waals surface area (Å²) in [5, 5.41) is 3.79. The molecule has 0 bridgehead atoms. The fraction of sp³-hybridized carbons (Fsp3) is 0. The number of hydrogen-bond acceptors (Lipinski definition) is 2. The molecule has 1 nitrogen and oxygen atoms in total. The molecule has 0 saturated heterocycles. The molecule has 0 aliphatic rings. The van der Waals surface area contributed by atoms with Crippen LogP contribution in [0.3, 0.4) is 0 Å². The molecule has 0 aliphatic heterocycles. The number of nitrogens with zero attached hydrogens (tertiary/aromatic N) is 1. The molecule has 0 unspecified atom stereocenters. The standard InChI is InChI=1S/C23H15NS/c1-3-10-18-16(7-1)9-5-11-19(18)20-12-6-14-24-23(20)22-15-17-8-2-4-13-21(17)25-22/h1-15H. The maximum atomic E-state index is 4.74. The van der Waals surface area contributed by atoms with E-state index in [2.05, 4.69) is 78.9 Å². The zero-order valence-corrected chi connectivity index (χ0v) is 14.3. The second-order valence-electron chi connectivity index (χ2n) is 6.07. The molecule has 5 rings (SSSR count). The van der Waals surface area contributed by atoms with Gasteiger partial charge in [-0.3, -0.25) is 4.98 Å². The minimum Gasteiger partial charge on any atom is -0.255 e. The molecule has 2 heteroatoms. The number of thiophene rings is 1. The Labute approximate surface area is 150 Å². The van der Waals surface area contributed by atoms with Gasteiger partial charge < -0.3 is 0 Å². The highest BCUT2D eigenvalue weighted by molar-refractivity contribution is 7.22. The van der Waals surface area contributed by atoms with Crippen LogP contribution in [0.1, 0.15) is 0 Å². The van der Waals surface area contributed by atoms with Crippen LogP contribution in [0.25, 0.3) is 42.6 Å². The monoisotopic (exact) mass is 337 g/mol. The van der Waals surface area contributed by atoms with E-state index in [0.717, 1.165) is 5.69 Å². The van der Waals surface area contributed by atoms with Gasteiger partial charge in [0.1, 0.15) is 0 Å². The van der Waals surface area contributed by atoms with Crippen LogP contribution in [0.2, 0.25) is 0 Å². The maximum absolute atomic E-state index is 4.74. The molecule has 118 valence electrons. The van der Waals surface area contributed by atoms with Crippen LogP contribution in [-0.4, -0.2) is 4.98 Å². The van der Waals surface area contributed by atoms with E-state index in [-0.39, 0.29) is 0 Å². The zero-order chi connectivity index (χ0) is 16.6. The predicted molar refractivity (Wildman–Crippen MR) is 108 cm³/mol. The van der Waals surface area contributed by atoms with Crippen LogP contribution >= 0.6 is 11.3 Å². The Morgan fingerprint density at radius 2 is 1.40 bits per heavy atom. The second kappa shape index (κ2) is 5.83. The smallest absolute Gasteiger partial charge is 0.0880 e. The van der Waals surface area contributed by atoms with E-state index in [4.69, 9.17) is 4.98 Å². The summed E-state index contributed by atoms with van der Waals surface area (Å²) < 4.78 is 1.30. The van der Waals surface area contributed by atoms with Gasteiger partial charge in [0.05, 0.1) is 10.6 Å². The van der Waals surface area contributed by atoms with Gasteiger partial charge in [0, 0.05) is 16.5 Å². The van der Waals surface area contributed by atoms with E-state index in [1.807, 2.05) is 12.3 Å². The van der Waals surface area contributed by atoms with E-state index in [9.17, 15) is 0 Å². The minimum atomic E-state index is 1.06. The molecule has 2 heterocycles. The summed E-state index contributed by atoms with van der Waals surface area (Å²) in [6.45, 7) is 0. The van der Waals surface area contributed by atoms with Crippen LogP contribution in [0.4, 0.5) is 0 Å². The summed E-state index contributed by atoms with van der Waals surface area (Å²) in [6, 6.07) is 30.0. The van der Waals surface area contributed by atoms with Gasteiger partial charge in [-0.15, -0.1) is 11.3 Å². The lowest BCUT2D eigenvalue weighted by Gasteiger charge is -2.10. The number of hydrogen-bond donors (Lipinski definition) is 0. The first-order valence-electron chi connectivity index (χ1n) is 8.32. The fourth-order valence-corrected chi connectivity index (χ4v) is 4.45. The molecule has 2 aromatic heterocycles. The highest BCUT2D eigenvalue weighted by Gasteiger charge is 2.13. The molecule has 5 aromatic rings. The minimum absolute atomic E-state index is 1.06. The summed E-state index contributed by atoms with van der Waals surface area (Å²) >= 11 is 1.80. The Bertz CT molecular complexity index is 1160. The van der Waals surface area contributed by atoms with Crippen LogP contribution < -0.4 is 0 Å². The SMILES string of the molecule is c1cnc(-c2cc3ccccc3s2)c(-c2cccc3ccccc23)c1. The van der Waals surface area contributed by atoms with Crippen LogP contribution in [-0.2, 0) is 0 Å². The molecule has 0 fully saturated rings. The molecular weight excluding hydrogens is 322 g/mol. The lowest BCUT2D eigenvalue weighted by molar-refractivity contribution is 1.34. The van der Waals surface area contributed by atoms with E-state index >= 15 is 0 Å². The summed E-state index contributed by atoms with van der Waals surface area (Å²) in [5.41, 5.74) is 3.48. The van der Waals surface area contributed by atoms with Gasteiger partial charge in [0.15, 0.2) is 0 Å². The van der Waals surface area contributed by atoms with Crippen molar-refractivity contribution in [2.24, 2.45) is 0 Å². The Kier molecular flexibility index (Phi) is 3.36. The van der Waals surface area contributed by atoms with Crippen molar-refractivity contribution in [1.29, 1.82) is 0 Å². The molecule has 3 aromatic carbocycles. The van der Waals surface area contributed by atoms with Crippen molar-refractivity contribution in [2.75, 3.05) is 0 Å². The first kappa shape index (κ1) is 14.4. The van der Waals surface area contributed by atoms with Gasteiger partial charge in [0.2, 0.25) is 0 Å². The first-order chi connectivity index (χ1) is 12.4. The van der Waals surface area contributed by atoms with Crippen molar-refractivity contribution in [3.05, 3.63) is 91.1 Å². The van der Waals surface area contributed by atoms with Gasteiger partial charge in [-0.2, -0.15) is 0 Å². The summed E-state index contributed by atoms with van der Waals surface area (Å²) in [5.74, 6) is 0. The van der Waals surface area contributed by atoms with Gasteiger partial charge >= 0.3 is 0 Å². The molecule has 25 heavy (non-hydrogen) atoms. The molecule has 0 aliphatic carbocycles. The van der Waals surface area contributed by atoms with Crippen LogP contribution in [0.15, 0.2) is 91.1 Å². The number of rotatable bonds is 2. The number of fused-ring (bicyclic) bond motifs is 2. The Hall–Kier alpha value is -2.97. The van der Waals surface area contributed by atoms with Gasteiger partial charge in [0.25, 0.3) is 0 Å². The lowest BCUT2D eigenvalue weighted by Crippen LogP contribution is -1.88. The van der Waals surface area contributed by atoms with Crippen molar-refractivity contribution in [3.8, 4) is 21.7 Å². The normalized spacial score (nSPS) is 11.2. The lowest BCUT2D eigenvalue weighted by atomic mass is 9.96. The molecule has 0 amide bonds. The van der Waals surface area contributed by atoms with E-state index in [1.165, 1.54) is 36.9 Å². The average molecular weight is 337 g/mol. The van der Waals surface area contributed by atoms with E-state index < -0.39 is 0 Å². The third kappa shape index (κ3) is 2.43. The van der Waals surface area contributed by atoms with E-state index in [0.29, 0.717) is 0 Å². The zero-order valence-electron chi connectivity index (χ0n) is 13.5. The van der Waals surface area contributed by atoms with Gasteiger partial charge in [-0.1, -0.05) is 66.7 Å². The van der Waals surface area contributed by atoms with E-state index in [1.54, 1.807) is 11.3 Å². The van der Waals surface area contributed by atoms with Crippen molar-refractivity contribution >= 4 is 32.2 Å². The predicted octanol–water partition coefficient (Wildman–Crippen LogP) is 6.78. The largest absolute Gasteiger partial charge is 0.255 e. The quantitative estimate of drug-likeness (QED) is 0.346. The molecule has 0 N–H and O–H groups in total. The summed E-state index contributed by atoms with van der Waals surface area (Å²) in [7, 11) is 0. The van der Waals surface area contributed by atoms with Crippen molar-refractivity contribution in [3.63, 3.8) is 0 Å². The Morgan fingerprint density at radius 3 is 2.32 bits per heavy atom.